The largest absolute Gasteiger partial charge is 0.478 e. The molecular formula is C13H11ClN2O4. The third-order valence-corrected chi connectivity index (χ3v) is 2.85. The molecule has 0 atom stereocenters. The Bertz CT molecular complexity index is 661. The van der Waals surface area contributed by atoms with Crippen LogP contribution in [0.15, 0.2) is 24.4 Å². The van der Waals surface area contributed by atoms with Crippen molar-refractivity contribution in [2.75, 3.05) is 7.11 Å². The molecule has 0 saturated heterocycles. The Balaban J connectivity index is 2.40. The summed E-state index contributed by atoms with van der Waals surface area (Å²) in [5, 5.41) is 9.27. The number of aromatic nitrogens is 2. The first kappa shape index (κ1) is 14.1. The molecular weight excluding hydrogens is 284 g/mol. The van der Waals surface area contributed by atoms with Crippen LogP contribution in [0.2, 0.25) is 5.02 Å². The van der Waals surface area contributed by atoms with E-state index in [4.69, 9.17) is 26.2 Å². The topological polar surface area (TPSA) is 81.5 Å². The van der Waals surface area contributed by atoms with Crippen molar-refractivity contribution >= 4 is 17.6 Å². The van der Waals surface area contributed by atoms with E-state index >= 15 is 0 Å². The molecule has 0 amide bonds. The van der Waals surface area contributed by atoms with Crippen molar-refractivity contribution in [3.63, 3.8) is 0 Å². The maximum atomic E-state index is 11.1. The van der Waals surface area contributed by atoms with E-state index in [0.29, 0.717) is 11.3 Å². The molecule has 20 heavy (non-hydrogen) atoms. The quantitative estimate of drug-likeness (QED) is 0.933. The lowest BCUT2D eigenvalue weighted by molar-refractivity contribution is 0.0695. The summed E-state index contributed by atoms with van der Waals surface area (Å²) in [7, 11) is 1.42. The van der Waals surface area contributed by atoms with Crippen LogP contribution < -0.4 is 9.47 Å². The Labute approximate surface area is 120 Å². The minimum absolute atomic E-state index is 0.101. The third-order valence-electron chi connectivity index (χ3n) is 2.59. The number of ether oxygens (including phenoxy) is 2. The van der Waals surface area contributed by atoms with Crippen molar-refractivity contribution in [2.45, 2.75) is 6.92 Å². The normalized spacial score (nSPS) is 10.2. The zero-order valence-corrected chi connectivity index (χ0v) is 11.5. The molecule has 1 N–H and O–H groups in total. The van der Waals surface area contributed by atoms with Gasteiger partial charge in [0.2, 0.25) is 5.88 Å². The second-order valence-electron chi connectivity index (χ2n) is 3.85. The van der Waals surface area contributed by atoms with E-state index in [-0.39, 0.29) is 22.5 Å². The van der Waals surface area contributed by atoms with Gasteiger partial charge in [0.25, 0.3) is 0 Å². The average molecular weight is 295 g/mol. The van der Waals surface area contributed by atoms with Gasteiger partial charge in [0, 0.05) is 5.56 Å². The van der Waals surface area contributed by atoms with Gasteiger partial charge in [-0.1, -0.05) is 17.7 Å². The Morgan fingerprint density at radius 2 is 2.15 bits per heavy atom. The highest BCUT2D eigenvalue weighted by Gasteiger charge is 2.14. The van der Waals surface area contributed by atoms with Crippen LogP contribution in [-0.4, -0.2) is 28.2 Å². The van der Waals surface area contributed by atoms with Gasteiger partial charge in [0.15, 0.2) is 0 Å². The van der Waals surface area contributed by atoms with Gasteiger partial charge in [-0.25, -0.2) is 9.78 Å². The summed E-state index contributed by atoms with van der Waals surface area (Å²) < 4.78 is 10.4. The van der Waals surface area contributed by atoms with Crippen LogP contribution in [-0.2, 0) is 0 Å². The number of aromatic carboxylic acids is 1. The highest BCUT2D eigenvalue weighted by molar-refractivity contribution is 6.31. The van der Waals surface area contributed by atoms with Crippen LogP contribution >= 0.6 is 11.6 Å². The van der Waals surface area contributed by atoms with Crippen molar-refractivity contribution in [1.29, 1.82) is 0 Å². The van der Waals surface area contributed by atoms with Crippen LogP contribution in [0.25, 0.3) is 0 Å². The lowest BCUT2D eigenvalue weighted by Crippen LogP contribution is -2.02. The second kappa shape index (κ2) is 5.75. The van der Waals surface area contributed by atoms with Crippen molar-refractivity contribution in [2.24, 2.45) is 0 Å². The molecule has 2 aromatic rings. The summed E-state index contributed by atoms with van der Waals surface area (Å²) >= 11 is 5.94. The van der Waals surface area contributed by atoms with E-state index in [9.17, 15) is 4.79 Å². The monoisotopic (exact) mass is 294 g/mol. The second-order valence-corrected chi connectivity index (χ2v) is 4.25. The molecule has 6 nitrogen and oxygen atoms in total. The predicted octanol–water partition coefficient (Wildman–Crippen LogP) is 2.94. The summed E-state index contributed by atoms with van der Waals surface area (Å²) in [5.41, 5.74) is 0.633. The summed E-state index contributed by atoms with van der Waals surface area (Å²) in [6, 6.07) is 4.81. The highest BCUT2D eigenvalue weighted by Crippen LogP contribution is 2.31. The fourth-order valence-electron chi connectivity index (χ4n) is 1.57. The van der Waals surface area contributed by atoms with Gasteiger partial charge < -0.3 is 14.6 Å². The van der Waals surface area contributed by atoms with Gasteiger partial charge in [0.05, 0.1) is 18.9 Å². The van der Waals surface area contributed by atoms with E-state index in [2.05, 4.69) is 9.97 Å². The number of carboxylic acid groups (broad SMARTS) is 1. The number of nitrogens with zero attached hydrogens (tertiary/aromatic N) is 2. The summed E-state index contributed by atoms with van der Waals surface area (Å²) in [6.07, 6.45) is 1.35. The van der Waals surface area contributed by atoms with E-state index < -0.39 is 5.97 Å². The molecule has 0 fully saturated rings. The first-order chi connectivity index (χ1) is 9.52. The molecule has 0 spiro atoms. The van der Waals surface area contributed by atoms with Gasteiger partial charge in [-0.15, -0.1) is 0 Å². The van der Waals surface area contributed by atoms with Gasteiger partial charge in [0.1, 0.15) is 10.8 Å². The molecule has 0 aliphatic rings. The molecule has 104 valence electrons. The molecule has 2 rings (SSSR count). The molecule has 0 bridgehead atoms. The Morgan fingerprint density at radius 1 is 1.40 bits per heavy atom. The summed E-state index contributed by atoms with van der Waals surface area (Å²) in [5.74, 6) is -0.573. The Hall–Kier alpha value is -2.34. The number of hydrogen-bond donors (Lipinski definition) is 1. The Kier molecular flexibility index (Phi) is 4.05. The van der Waals surface area contributed by atoms with E-state index in [1.54, 1.807) is 19.1 Å². The zero-order chi connectivity index (χ0) is 14.7. The predicted molar refractivity (Wildman–Crippen MR) is 71.8 cm³/mol. The van der Waals surface area contributed by atoms with Crippen molar-refractivity contribution < 1.29 is 19.4 Å². The molecule has 1 heterocycles. The van der Waals surface area contributed by atoms with Crippen LogP contribution in [0.5, 0.6) is 17.6 Å². The highest BCUT2D eigenvalue weighted by atomic mass is 35.5. The number of benzene rings is 1. The van der Waals surface area contributed by atoms with Gasteiger partial charge in [-0.2, -0.15) is 4.98 Å². The van der Waals surface area contributed by atoms with E-state index in [0.717, 1.165) is 0 Å². The van der Waals surface area contributed by atoms with Crippen LogP contribution in [0.4, 0.5) is 0 Å². The smallest absolute Gasteiger partial charge is 0.336 e. The third kappa shape index (κ3) is 2.80. The first-order valence-electron chi connectivity index (χ1n) is 5.60. The van der Waals surface area contributed by atoms with E-state index in [1.165, 1.54) is 19.4 Å². The van der Waals surface area contributed by atoms with Crippen molar-refractivity contribution in [3.05, 3.63) is 40.5 Å². The van der Waals surface area contributed by atoms with Crippen LogP contribution in [0.1, 0.15) is 15.9 Å². The molecule has 1 aromatic heterocycles. The average Bonchev–Trinajstić information content (AvgIpc) is 2.43. The lowest BCUT2D eigenvalue weighted by Gasteiger charge is -2.11. The molecule has 0 aliphatic carbocycles. The van der Waals surface area contributed by atoms with Gasteiger partial charge >= 0.3 is 12.0 Å². The fourth-order valence-corrected chi connectivity index (χ4v) is 1.70. The van der Waals surface area contributed by atoms with Gasteiger partial charge in [-0.3, -0.25) is 0 Å². The number of halogens is 1. The molecule has 0 unspecified atom stereocenters. The number of rotatable bonds is 4. The summed E-state index contributed by atoms with van der Waals surface area (Å²) in [4.78, 5) is 18.9. The van der Waals surface area contributed by atoms with Crippen LogP contribution in [0, 0.1) is 6.92 Å². The molecule has 0 saturated carbocycles. The standard InChI is InChI=1S/C13H11ClN2O4/c1-7-8(12(17)18)4-3-5-10(7)20-11-9(14)6-15-13(16-11)19-2/h3-6H,1-2H3,(H,17,18). The maximum Gasteiger partial charge on any atom is 0.336 e. The molecule has 7 heteroatoms. The zero-order valence-electron chi connectivity index (χ0n) is 10.8. The van der Waals surface area contributed by atoms with E-state index in [1.807, 2.05) is 0 Å². The SMILES string of the molecule is COc1ncc(Cl)c(Oc2cccc(C(=O)O)c2C)n1. The molecule has 1 aromatic carbocycles. The van der Waals surface area contributed by atoms with Crippen LogP contribution in [0.3, 0.4) is 0 Å². The van der Waals surface area contributed by atoms with Gasteiger partial charge in [-0.05, 0) is 19.1 Å². The maximum absolute atomic E-state index is 11.1. The summed E-state index contributed by atoms with van der Waals surface area (Å²) in [6.45, 7) is 1.64. The number of methoxy groups -OCH3 is 1. The Morgan fingerprint density at radius 3 is 2.80 bits per heavy atom. The lowest BCUT2D eigenvalue weighted by atomic mass is 10.1. The minimum atomic E-state index is -1.03. The van der Waals surface area contributed by atoms with Crippen molar-refractivity contribution in [1.82, 2.24) is 9.97 Å². The number of carboxylic acids is 1. The minimum Gasteiger partial charge on any atom is -0.478 e. The number of carbonyl (C=O) groups is 1. The molecule has 0 aliphatic heterocycles. The first-order valence-corrected chi connectivity index (χ1v) is 5.98. The number of hydrogen-bond acceptors (Lipinski definition) is 5. The fraction of sp³-hybridized carbons (Fsp3) is 0.154. The van der Waals surface area contributed by atoms with Crippen molar-refractivity contribution in [3.8, 4) is 17.6 Å². The molecule has 0 radical (unpaired) electrons.